The van der Waals surface area contributed by atoms with Gasteiger partial charge in [-0.25, -0.2) is 0 Å². The molecular formula is C63H106N12O32. The summed E-state index contributed by atoms with van der Waals surface area (Å²) in [6, 6.07) is -19.4. The molecule has 0 aromatic carbocycles. The SMILES string of the molecule is CC(=O)N[C@H]1[C@H](OC[C@H]2O[C@H](O[C@H](C)[C@H](NC(=O)[C@@H](NC(=O)[C@@H](N)[C@@H](C)O)[C@@H](C)O)C(=O)N[C@H](C(=O)N[C@@H](C(=O)N3CCC[C@H]3C(=O)N[C@H](C(=O)N3CCC[C@H]3C(=O)N[C@H](C(=O)NCC(=O)O)[C@@H](C)O)[C@@H](C)O)[C@@H](C)O)C(C)C)[C@H](NC(C)=O)[C@@H](O[C@@H]3O[C@H](CO)[C@H](O)[C@H](O)[C@H]3O)[C@H]2O)O[C@H](CO)[C@@H](O)[C@@H]1O. The molecule has 0 unspecified atom stereocenters. The summed E-state index contributed by atoms with van der Waals surface area (Å²) in [6.07, 6.45) is -35.3. The average Bonchev–Trinajstić information content (AvgIpc) is 1.25. The molecule has 5 aliphatic heterocycles. The van der Waals surface area contributed by atoms with E-state index < -0.39 is 286 Å². The Hall–Kier alpha value is -7.16. The first-order chi connectivity index (χ1) is 50.0. The van der Waals surface area contributed by atoms with Crippen molar-refractivity contribution < 1.29 is 157 Å². The molecule has 0 bridgehead atoms. The predicted molar refractivity (Wildman–Crippen MR) is 356 cm³/mol. The van der Waals surface area contributed by atoms with Crippen molar-refractivity contribution in [1.82, 2.24) is 57.7 Å². The van der Waals surface area contributed by atoms with Gasteiger partial charge in [0, 0.05) is 26.9 Å². The van der Waals surface area contributed by atoms with Crippen LogP contribution >= 0.6 is 0 Å². The van der Waals surface area contributed by atoms with Crippen molar-refractivity contribution in [3.63, 3.8) is 0 Å². The van der Waals surface area contributed by atoms with Gasteiger partial charge < -0.3 is 163 Å². The van der Waals surface area contributed by atoms with Crippen LogP contribution in [0.15, 0.2) is 0 Å². The zero-order valence-electron chi connectivity index (χ0n) is 60.6. The number of aliphatic hydroxyl groups is 13. The van der Waals surface area contributed by atoms with Crippen molar-refractivity contribution in [3.8, 4) is 0 Å². The second-order valence-corrected chi connectivity index (χ2v) is 27.5. The van der Waals surface area contributed by atoms with Crippen LogP contribution in [-0.2, 0) is 86.0 Å². The van der Waals surface area contributed by atoms with Gasteiger partial charge in [-0.3, -0.25) is 57.5 Å². The van der Waals surface area contributed by atoms with E-state index in [1.165, 1.54) is 13.8 Å². The number of ether oxygens (including phenoxy) is 6. The van der Waals surface area contributed by atoms with E-state index in [-0.39, 0.29) is 38.8 Å². The van der Waals surface area contributed by atoms with Crippen molar-refractivity contribution in [2.45, 2.75) is 278 Å². The molecule has 5 aliphatic rings. The van der Waals surface area contributed by atoms with E-state index in [1.807, 2.05) is 5.32 Å². The van der Waals surface area contributed by atoms with Crippen molar-refractivity contribution >= 4 is 70.9 Å². The van der Waals surface area contributed by atoms with E-state index in [0.717, 1.165) is 65.2 Å². The highest BCUT2D eigenvalue weighted by atomic mass is 16.7. The minimum Gasteiger partial charge on any atom is -0.480 e. The molecule has 5 rings (SSSR count). The third-order valence-electron chi connectivity index (χ3n) is 18.6. The molecule has 107 heavy (non-hydrogen) atoms. The Morgan fingerprint density at radius 2 is 0.897 bits per heavy atom. The quantitative estimate of drug-likeness (QED) is 0.0280. The summed E-state index contributed by atoms with van der Waals surface area (Å²) < 4.78 is 35.8. The van der Waals surface area contributed by atoms with Crippen LogP contribution in [0, 0.1) is 5.92 Å². The van der Waals surface area contributed by atoms with Crippen molar-refractivity contribution in [1.29, 1.82) is 0 Å². The van der Waals surface area contributed by atoms with Crippen LogP contribution in [0.3, 0.4) is 0 Å². The van der Waals surface area contributed by atoms with Crippen LogP contribution in [0.5, 0.6) is 0 Å². The minimum absolute atomic E-state index is 0.0116. The fourth-order valence-corrected chi connectivity index (χ4v) is 12.6. The number of aliphatic hydroxyl groups excluding tert-OH is 13. The maximum absolute atomic E-state index is 15.2. The predicted octanol–water partition coefficient (Wildman–Crippen LogP) is -13.9. The smallest absolute Gasteiger partial charge is 0.322 e. The lowest BCUT2D eigenvalue weighted by Gasteiger charge is -2.48. The largest absolute Gasteiger partial charge is 0.480 e. The Morgan fingerprint density at radius 3 is 1.37 bits per heavy atom. The van der Waals surface area contributed by atoms with Gasteiger partial charge in [0.05, 0.1) is 56.4 Å². The van der Waals surface area contributed by atoms with Crippen LogP contribution < -0.4 is 53.6 Å². The number of hydrogen-bond acceptors (Lipinski definition) is 32. The van der Waals surface area contributed by atoms with Crippen molar-refractivity contribution in [2.75, 3.05) is 39.5 Å². The Balaban J connectivity index is 1.49. The zero-order chi connectivity index (χ0) is 80.7. The van der Waals surface area contributed by atoms with Gasteiger partial charge in [-0.1, -0.05) is 13.8 Å². The zero-order valence-corrected chi connectivity index (χ0v) is 60.6. The first-order valence-corrected chi connectivity index (χ1v) is 34.8. The standard InChI is InChI=1S/C63H106N12O32/c1-21(2)37(56(97)72-41(26(7)82)60(101)75-16-12-14-31(75)53(94)71-40(25(6)81)59(100)74-15-11-13-30(74)52(93)69-38(23(4)79)55(96)65-17-35(85)86)68-58(99)42(73-57(98)39(24(5)80)70-54(95)36(64)22(3)78)27(8)103-62-44(67-29(10)84)51(107-63-50(92)49(91)46(88)33(19-77)105-63)47(89)34(106-62)20-102-61-43(66-28(9)83)48(90)45(87)32(18-76)104-61/h21-27,30-34,36-51,61-63,76-82,87-92H,11-20,64H2,1-10H3,(H,65,96)(H,66,83)(H,67,84)(H,68,99)(H,69,93)(H,70,95)(H,71,94)(H,72,97)(H,73,98)(H,85,86)/t22-,23-,24-,25-,26-,27-,30+,31+,32-,33-,34-,36+,37+,38+,39+,40+,41-,42+,43-,44-,45-,46+,47+,48-,49+,50-,51-,61-,62+,63+/m1/s1. The number of amides is 11. The van der Waals surface area contributed by atoms with Gasteiger partial charge in [0.2, 0.25) is 65.0 Å². The summed E-state index contributed by atoms with van der Waals surface area (Å²) in [7, 11) is 0. The Bertz CT molecular complexity index is 3060. The summed E-state index contributed by atoms with van der Waals surface area (Å²) in [6.45, 7) is 7.45. The van der Waals surface area contributed by atoms with Crippen LogP contribution in [-0.4, -0.2) is 375 Å². The van der Waals surface area contributed by atoms with Crippen molar-refractivity contribution in [3.05, 3.63) is 0 Å². The second kappa shape index (κ2) is 40.5. The molecule has 0 saturated carbocycles. The molecule has 0 aromatic rings. The fourth-order valence-electron chi connectivity index (χ4n) is 12.6. The summed E-state index contributed by atoms with van der Waals surface area (Å²) in [5, 5.41) is 170. The van der Waals surface area contributed by atoms with Gasteiger partial charge in [-0.15, -0.1) is 0 Å². The number of likely N-dealkylation sites (tertiary alicyclic amines) is 2. The molecule has 0 aliphatic carbocycles. The lowest BCUT2D eigenvalue weighted by molar-refractivity contribution is -0.352. The number of hydrogen-bond donors (Lipinski definition) is 24. The Kier molecular flexibility index (Phi) is 34.2. The van der Waals surface area contributed by atoms with E-state index in [9.17, 15) is 119 Å². The molecule has 30 atom stereocenters. The number of nitrogens with zero attached hydrogens (tertiary/aromatic N) is 2. The number of carbonyl (C=O) groups excluding carboxylic acids is 11. The monoisotopic (exact) mass is 1540 g/mol. The summed E-state index contributed by atoms with van der Waals surface area (Å²) in [5.74, 6) is -14.4. The maximum atomic E-state index is 15.2. The lowest BCUT2D eigenvalue weighted by atomic mass is 9.94. The molecule has 44 heteroatoms. The summed E-state index contributed by atoms with van der Waals surface area (Å²) in [5.41, 5.74) is 5.84. The lowest BCUT2D eigenvalue weighted by Crippen LogP contribution is -2.69. The van der Waals surface area contributed by atoms with Gasteiger partial charge in [-0.2, -0.15) is 0 Å². The molecule has 5 heterocycles. The minimum atomic E-state index is -2.22. The molecule has 44 nitrogen and oxygen atoms in total. The number of carbonyl (C=O) groups is 12. The van der Waals surface area contributed by atoms with Gasteiger partial charge >= 0.3 is 5.97 Å². The first-order valence-electron chi connectivity index (χ1n) is 34.8. The average molecular weight is 1540 g/mol. The number of aliphatic carboxylic acids is 1. The molecule has 25 N–H and O–H groups in total. The third kappa shape index (κ3) is 23.4. The van der Waals surface area contributed by atoms with Crippen LogP contribution in [0.1, 0.15) is 94.9 Å². The highest BCUT2D eigenvalue weighted by Gasteiger charge is 2.55. The Morgan fingerprint density at radius 1 is 0.477 bits per heavy atom. The summed E-state index contributed by atoms with van der Waals surface area (Å²) >= 11 is 0. The molecule has 0 radical (unpaired) electrons. The Labute approximate surface area is 613 Å². The first kappa shape index (κ1) is 90.5. The van der Waals surface area contributed by atoms with Gasteiger partial charge in [-0.05, 0) is 73.1 Å². The van der Waals surface area contributed by atoms with Gasteiger partial charge in [0.25, 0.3) is 0 Å². The van der Waals surface area contributed by atoms with Crippen LogP contribution in [0.25, 0.3) is 0 Å². The molecular weight excluding hydrogens is 1440 g/mol. The van der Waals surface area contributed by atoms with E-state index in [4.69, 9.17) is 39.3 Å². The van der Waals surface area contributed by atoms with Crippen LogP contribution in [0.4, 0.5) is 0 Å². The van der Waals surface area contributed by atoms with E-state index in [0.29, 0.717) is 0 Å². The molecule has 0 spiro atoms. The van der Waals surface area contributed by atoms with Gasteiger partial charge in [0.1, 0.15) is 134 Å². The van der Waals surface area contributed by atoms with Crippen LogP contribution in [0.2, 0.25) is 0 Å². The van der Waals surface area contributed by atoms with Gasteiger partial charge in [0.15, 0.2) is 18.9 Å². The van der Waals surface area contributed by atoms with E-state index in [2.05, 4.69) is 42.5 Å². The highest BCUT2D eigenvalue weighted by Crippen LogP contribution is 2.33. The maximum Gasteiger partial charge on any atom is 0.322 e. The second-order valence-electron chi connectivity index (χ2n) is 27.5. The third-order valence-corrected chi connectivity index (χ3v) is 18.6. The number of carboxylic acid groups (broad SMARTS) is 1. The number of nitrogens with two attached hydrogens (primary N) is 1. The fraction of sp³-hybridized carbons (Fsp3) is 0.810. The molecule has 5 fully saturated rings. The molecule has 5 saturated heterocycles. The van der Waals surface area contributed by atoms with E-state index in [1.54, 1.807) is 0 Å². The molecule has 610 valence electrons. The van der Waals surface area contributed by atoms with E-state index >= 15 is 4.79 Å². The van der Waals surface area contributed by atoms with Crippen molar-refractivity contribution in [2.24, 2.45) is 11.7 Å². The topological polar surface area (TPSA) is 684 Å². The molecule has 0 aromatic heterocycles. The normalized spacial score (nSPS) is 31.1. The highest BCUT2D eigenvalue weighted by molar-refractivity contribution is 5.99. The number of rotatable bonds is 35. The molecule has 11 amide bonds. The number of nitrogens with one attached hydrogen (secondary N) is 9. The summed E-state index contributed by atoms with van der Waals surface area (Å²) in [4.78, 5) is 166. The number of carboxylic acids is 1.